The summed E-state index contributed by atoms with van der Waals surface area (Å²) in [5.74, 6) is 0.611. The highest BCUT2D eigenvalue weighted by Gasteiger charge is 2.44. The quantitative estimate of drug-likeness (QED) is 0.617. The molecule has 0 saturated heterocycles. The second-order valence-corrected chi connectivity index (χ2v) is 8.18. The maximum atomic E-state index is 10.8. The molecule has 7 heteroatoms. The normalized spacial score (nSPS) is 25.8. The van der Waals surface area contributed by atoms with Gasteiger partial charge in [-0.15, -0.1) is 0 Å². The van der Waals surface area contributed by atoms with Crippen LogP contribution in [0.5, 0.6) is 5.75 Å². The van der Waals surface area contributed by atoms with Crippen LogP contribution in [0.15, 0.2) is 36.7 Å². The number of hydrogen-bond donors (Lipinski definition) is 3. The molecule has 1 saturated carbocycles. The van der Waals surface area contributed by atoms with Crippen LogP contribution in [0.3, 0.4) is 0 Å². The number of rotatable bonds is 3. The number of aryl methyl sites for hydroxylation is 1. The Morgan fingerprint density at radius 2 is 2.13 bits per heavy atom. The van der Waals surface area contributed by atoms with E-state index >= 15 is 0 Å². The number of fused-ring (bicyclic) bond motifs is 2. The van der Waals surface area contributed by atoms with Crippen molar-refractivity contribution in [3.63, 3.8) is 0 Å². The summed E-state index contributed by atoms with van der Waals surface area (Å²) in [5, 5.41) is 35.3. The predicted octanol–water partition coefficient (Wildman–Crippen LogP) is 1.98. The van der Waals surface area contributed by atoms with Crippen LogP contribution >= 0.6 is 0 Å². The van der Waals surface area contributed by atoms with E-state index in [1.54, 1.807) is 12.3 Å². The zero-order valence-electron chi connectivity index (χ0n) is 16.7. The molecule has 3 heterocycles. The topological polar surface area (TPSA) is 103 Å². The van der Waals surface area contributed by atoms with Gasteiger partial charge in [-0.05, 0) is 55.3 Å². The first-order valence-corrected chi connectivity index (χ1v) is 10.3. The third kappa shape index (κ3) is 3.05. The Morgan fingerprint density at radius 3 is 2.97 bits per heavy atom. The number of aliphatic hydroxyl groups is 2. The summed E-state index contributed by atoms with van der Waals surface area (Å²) in [6, 6.07) is 9.44. The molecule has 3 N–H and O–H groups in total. The Hall–Kier alpha value is -2.92. The second kappa shape index (κ2) is 7.40. The molecule has 0 radical (unpaired) electrons. The number of aromatic nitrogens is 2. The minimum Gasteiger partial charge on any atom is -0.487 e. The van der Waals surface area contributed by atoms with Crippen LogP contribution in [0.1, 0.15) is 34.7 Å². The molecule has 0 spiro atoms. The van der Waals surface area contributed by atoms with Gasteiger partial charge in [-0.25, -0.2) is 4.98 Å². The third-order valence-corrected chi connectivity index (χ3v) is 6.37. The van der Waals surface area contributed by atoms with E-state index in [4.69, 9.17) is 4.74 Å². The van der Waals surface area contributed by atoms with E-state index in [1.807, 2.05) is 35.9 Å². The molecule has 0 bridgehead atoms. The van der Waals surface area contributed by atoms with E-state index < -0.39 is 18.3 Å². The zero-order chi connectivity index (χ0) is 20.8. The molecule has 7 nitrogen and oxygen atoms in total. The summed E-state index contributed by atoms with van der Waals surface area (Å²) < 4.78 is 8.16. The lowest BCUT2D eigenvalue weighted by Crippen LogP contribution is -2.35. The standard InChI is InChI=1S/C23H24N4O3/c1-13-2-6-26-23-16(13)4-7-27(23)18-10-20(22(29)21(18)28)30-19-9-14(11-24)8-15-3-5-25-12-17(15)19/h2,4,6-9,18,20-22,25,28-29H,3,5,10,12H2,1H3/t18-,20+,21+,22-/m1/s1. The number of aliphatic hydroxyl groups excluding tert-OH is 2. The Balaban J connectivity index is 1.46. The van der Waals surface area contributed by atoms with E-state index in [2.05, 4.69) is 16.4 Å². The van der Waals surface area contributed by atoms with Gasteiger partial charge in [0.2, 0.25) is 0 Å². The Kier molecular flexibility index (Phi) is 4.70. The van der Waals surface area contributed by atoms with Gasteiger partial charge >= 0.3 is 0 Å². The molecule has 1 fully saturated rings. The maximum absolute atomic E-state index is 10.8. The van der Waals surface area contributed by atoms with Crippen molar-refractivity contribution in [3.05, 3.63) is 58.9 Å². The molecule has 4 atom stereocenters. The van der Waals surface area contributed by atoms with Crippen molar-refractivity contribution in [2.75, 3.05) is 6.54 Å². The van der Waals surface area contributed by atoms with Crippen LogP contribution in [0.4, 0.5) is 0 Å². The average Bonchev–Trinajstić information content (AvgIpc) is 3.31. The van der Waals surface area contributed by atoms with Crippen LogP contribution in [-0.4, -0.2) is 44.6 Å². The molecule has 0 unspecified atom stereocenters. The molecule has 2 aliphatic rings. The summed E-state index contributed by atoms with van der Waals surface area (Å²) >= 11 is 0. The van der Waals surface area contributed by atoms with Crippen molar-refractivity contribution >= 4 is 11.0 Å². The van der Waals surface area contributed by atoms with E-state index in [1.165, 1.54) is 0 Å². The molecular weight excluding hydrogens is 380 g/mol. The van der Waals surface area contributed by atoms with Gasteiger partial charge in [-0.2, -0.15) is 5.26 Å². The van der Waals surface area contributed by atoms with E-state index in [9.17, 15) is 15.5 Å². The Labute approximate surface area is 174 Å². The second-order valence-electron chi connectivity index (χ2n) is 8.18. The monoisotopic (exact) mass is 404 g/mol. The lowest BCUT2D eigenvalue weighted by atomic mass is 9.97. The van der Waals surface area contributed by atoms with Crippen molar-refractivity contribution in [3.8, 4) is 11.8 Å². The van der Waals surface area contributed by atoms with Gasteiger partial charge in [0.25, 0.3) is 0 Å². The van der Waals surface area contributed by atoms with Crippen LogP contribution in [0, 0.1) is 18.3 Å². The number of hydrogen-bond acceptors (Lipinski definition) is 6. The van der Waals surface area contributed by atoms with Crippen molar-refractivity contribution in [2.45, 2.75) is 50.7 Å². The molecule has 1 aromatic carbocycles. The minimum atomic E-state index is -1.03. The smallest absolute Gasteiger partial charge is 0.140 e. The first-order chi connectivity index (χ1) is 14.6. The molecule has 0 amide bonds. The highest BCUT2D eigenvalue weighted by Crippen LogP contribution is 2.37. The average molecular weight is 404 g/mol. The number of benzene rings is 1. The minimum absolute atomic E-state index is 0.343. The molecular formula is C23H24N4O3. The van der Waals surface area contributed by atoms with Crippen molar-refractivity contribution in [2.24, 2.45) is 0 Å². The number of nitrogens with one attached hydrogen (secondary N) is 1. The summed E-state index contributed by atoms with van der Waals surface area (Å²) in [5.41, 5.74) is 4.58. The molecule has 154 valence electrons. The molecule has 1 aliphatic carbocycles. The van der Waals surface area contributed by atoms with Gasteiger partial charge in [0.05, 0.1) is 17.7 Å². The highest BCUT2D eigenvalue weighted by atomic mass is 16.5. The summed E-state index contributed by atoms with van der Waals surface area (Å²) in [6.45, 7) is 3.55. The molecule has 30 heavy (non-hydrogen) atoms. The maximum Gasteiger partial charge on any atom is 0.140 e. The van der Waals surface area contributed by atoms with Crippen molar-refractivity contribution in [1.29, 1.82) is 5.26 Å². The Bertz CT molecular complexity index is 1150. The van der Waals surface area contributed by atoms with Crippen LogP contribution in [-0.2, 0) is 13.0 Å². The summed E-state index contributed by atoms with van der Waals surface area (Å²) in [6.07, 6.45) is 2.37. The van der Waals surface area contributed by atoms with Gasteiger partial charge in [-0.3, -0.25) is 0 Å². The zero-order valence-corrected chi connectivity index (χ0v) is 16.7. The summed E-state index contributed by atoms with van der Waals surface area (Å²) in [7, 11) is 0. The van der Waals surface area contributed by atoms with E-state index in [-0.39, 0.29) is 6.04 Å². The number of nitriles is 1. The van der Waals surface area contributed by atoms with Gasteiger partial charge in [0, 0.05) is 36.3 Å². The molecule has 2 aromatic heterocycles. The van der Waals surface area contributed by atoms with Gasteiger partial charge in [-0.1, -0.05) is 0 Å². The van der Waals surface area contributed by atoms with Gasteiger partial charge in [0.15, 0.2) is 0 Å². The number of pyridine rings is 1. The number of ether oxygens (including phenoxy) is 1. The van der Waals surface area contributed by atoms with Crippen LogP contribution in [0.2, 0.25) is 0 Å². The van der Waals surface area contributed by atoms with Crippen LogP contribution in [0.25, 0.3) is 11.0 Å². The van der Waals surface area contributed by atoms with E-state index in [0.717, 1.165) is 40.7 Å². The van der Waals surface area contributed by atoms with Crippen molar-refractivity contribution < 1.29 is 14.9 Å². The predicted molar refractivity (Wildman–Crippen MR) is 111 cm³/mol. The Morgan fingerprint density at radius 1 is 1.27 bits per heavy atom. The largest absolute Gasteiger partial charge is 0.487 e. The third-order valence-electron chi connectivity index (χ3n) is 6.37. The van der Waals surface area contributed by atoms with Gasteiger partial charge < -0.3 is 24.8 Å². The van der Waals surface area contributed by atoms with Crippen LogP contribution < -0.4 is 10.1 Å². The molecule has 3 aromatic rings. The fraction of sp³-hybridized carbons (Fsp3) is 0.391. The van der Waals surface area contributed by atoms with E-state index in [0.29, 0.717) is 24.3 Å². The first kappa shape index (κ1) is 19.1. The molecule has 5 rings (SSSR count). The summed E-state index contributed by atoms with van der Waals surface area (Å²) in [4.78, 5) is 4.48. The lowest BCUT2D eigenvalue weighted by molar-refractivity contribution is -0.0166. The first-order valence-electron chi connectivity index (χ1n) is 10.3. The number of nitrogens with zero attached hydrogens (tertiary/aromatic N) is 3. The molecule has 1 aliphatic heterocycles. The lowest BCUT2D eigenvalue weighted by Gasteiger charge is -2.24. The fourth-order valence-electron chi connectivity index (χ4n) is 4.72. The van der Waals surface area contributed by atoms with Gasteiger partial charge in [0.1, 0.15) is 29.7 Å². The fourth-order valence-corrected chi connectivity index (χ4v) is 4.72. The highest BCUT2D eigenvalue weighted by molar-refractivity contribution is 5.79. The van der Waals surface area contributed by atoms with Crippen molar-refractivity contribution in [1.82, 2.24) is 14.9 Å². The SMILES string of the molecule is Cc1ccnc2c1ccn2[C@@H]1C[C@H](Oc2cc(C#N)cc3c2CNCC3)[C@@H](O)[C@H]1O.